The largest absolute Gasteiger partial charge is 0.358 e. The molecule has 8 nitrogen and oxygen atoms in total. The fourth-order valence-corrected chi connectivity index (χ4v) is 7.75. The molecule has 1 atom stereocenters. The Hall–Kier alpha value is -4.08. The predicted octanol–water partition coefficient (Wildman–Crippen LogP) is 5.81. The maximum Gasteiger partial charge on any atom is 0.272 e. The molecule has 1 aliphatic carbocycles. The van der Waals surface area contributed by atoms with Gasteiger partial charge >= 0.3 is 0 Å². The molecule has 2 amide bonds. The fraction of sp³-hybridized carbons (Fsp3) is 0.389. The number of amides is 2. The van der Waals surface area contributed by atoms with Gasteiger partial charge in [0.05, 0.1) is 10.6 Å². The highest BCUT2D eigenvalue weighted by atomic mass is 32.1. The van der Waals surface area contributed by atoms with Crippen LogP contribution < -0.4 is 16.2 Å². The van der Waals surface area contributed by atoms with Crippen LogP contribution in [0.3, 0.4) is 0 Å². The maximum absolute atomic E-state index is 13.2. The third kappa shape index (κ3) is 6.65. The summed E-state index contributed by atoms with van der Waals surface area (Å²) in [5.74, 6) is -0.0951. The van der Waals surface area contributed by atoms with Crippen molar-refractivity contribution in [3.8, 4) is 11.3 Å². The minimum absolute atomic E-state index is 0.00353. The van der Waals surface area contributed by atoms with E-state index in [1.807, 2.05) is 55.5 Å². The third-order valence-corrected chi connectivity index (χ3v) is 10.4. The molecular formula is C36H41N5O3S. The molecule has 2 N–H and O–H groups in total. The number of benzene rings is 2. The predicted molar refractivity (Wildman–Crippen MR) is 180 cm³/mol. The van der Waals surface area contributed by atoms with Crippen molar-refractivity contribution in [3.63, 3.8) is 0 Å². The molecule has 0 spiro atoms. The van der Waals surface area contributed by atoms with Crippen LogP contribution in [-0.2, 0) is 31.1 Å². The van der Waals surface area contributed by atoms with Crippen molar-refractivity contribution in [2.45, 2.75) is 64.3 Å². The topological polar surface area (TPSA) is 96.3 Å². The zero-order chi connectivity index (χ0) is 31.5. The molecule has 1 fully saturated rings. The van der Waals surface area contributed by atoms with Crippen molar-refractivity contribution in [1.29, 1.82) is 0 Å². The van der Waals surface area contributed by atoms with Gasteiger partial charge in [0.2, 0.25) is 5.91 Å². The quantitative estimate of drug-likeness (QED) is 0.258. The monoisotopic (exact) mass is 623 g/mol. The molecule has 4 aromatic rings. The lowest BCUT2D eigenvalue weighted by Crippen LogP contribution is -2.41. The normalized spacial score (nSPS) is 15.7. The van der Waals surface area contributed by atoms with Crippen LogP contribution in [0.1, 0.15) is 80.6 Å². The Morgan fingerprint density at radius 1 is 1.00 bits per heavy atom. The van der Waals surface area contributed by atoms with Crippen molar-refractivity contribution >= 4 is 28.8 Å². The van der Waals surface area contributed by atoms with Crippen LogP contribution in [0.25, 0.3) is 11.3 Å². The highest BCUT2D eigenvalue weighted by molar-refractivity contribution is 7.14. The molecule has 2 aliphatic rings. The minimum Gasteiger partial charge on any atom is -0.358 e. The summed E-state index contributed by atoms with van der Waals surface area (Å²) < 4.78 is 1.57. The molecule has 0 saturated carbocycles. The molecule has 0 radical (unpaired) electrons. The van der Waals surface area contributed by atoms with Crippen LogP contribution in [0.2, 0.25) is 0 Å². The van der Waals surface area contributed by atoms with E-state index in [1.54, 1.807) is 36.2 Å². The number of aryl methyl sites for hydroxylation is 3. The Balaban J connectivity index is 1.23. The Kier molecular flexibility index (Phi) is 9.28. The Morgan fingerprint density at radius 3 is 2.49 bits per heavy atom. The Labute approximate surface area is 268 Å². The molecule has 3 heterocycles. The molecule has 1 aliphatic heterocycles. The van der Waals surface area contributed by atoms with Crippen molar-refractivity contribution in [3.05, 3.63) is 103 Å². The number of carbonyl (C=O) groups is 2. The van der Waals surface area contributed by atoms with E-state index in [-0.39, 0.29) is 23.4 Å². The number of rotatable bonds is 8. The first kappa shape index (κ1) is 30.9. The van der Waals surface area contributed by atoms with Crippen molar-refractivity contribution in [1.82, 2.24) is 19.8 Å². The molecule has 6 rings (SSSR count). The van der Waals surface area contributed by atoms with Gasteiger partial charge in [0.1, 0.15) is 11.7 Å². The smallest absolute Gasteiger partial charge is 0.272 e. The van der Waals surface area contributed by atoms with E-state index in [0.717, 1.165) is 71.6 Å². The molecule has 2 aromatic carbocycles. The van der Waals surface area contributed by atoms with Gasteiger partial charge in [-0.05, 0) is 92.9 Å². The first-order valence-electron chi connectivity index (χ1n) is 16.0. The lowest BCUT2D eigenvalue weighted by molar-refractivity contribution is -0.126. The zero-order valence-corrected chi connectivity index (χ0v) is 27.1. The number of fused-ring (bicyclic) bond motifs is 1. The van der Waals surface area contributed by atoms with Crippen molar-refractivity contribution < 1.29 is 9.59 Å². The van der Waals surface area contributed by atoms with Crippen LogP contribution in [0.5, 0.6) is 0 Å². The van der Waals surface area contributed by atoms with Crippen LogP contribution in [0.15, 0.2) is 59.5 Å². The lowest BCUT2D eigenvalue weighted by Gasteiger charge is -2.33. The second-order valence-electron chi connectivity index (χ2n) is 12.2. The summed E-state index contributed by atoms with van der Waals surface area (Å²) in [5, 5.41) is 5.95. The number of thiophene rings is 1. The number of nitrogens with zero attached hydrogens (tertiary/aromatic N) is 3. The summed E-state index contributed by atoms with van der Waals surface area (Å²) in [4.78, 5) is 48.4. The highest BCUT2D eigenvalue weighted by Gasteiger charge is 2.28. The average molecular weight is 624 g/mol. The van der Waals surface area contributed by atoms with Crippen LogP contribution >= 0.6 is 11.3 Å². The van der Waals surface area contributed by atoms with Gasteiger partial charge in [-0.1, -0.05) is 42.8 Å². The highest BCUT2D eigenvalue weighted by Crippen LogP contribution is 2.32. The maximum atomic E-state index is 13.2. The second kappa shape index (κ2) is 13.5. The van der Waals surface area contributed by atoms with Gasteiger partial charge in [-0.3, -0.25) is 19.3 Å². The number of piperidine rings is 1. The third-order valence-electron chi connectivity index (χ3n) is 9.13. The Bertz CT molecular complexity index is 1740. The zero-order valence-electron chi connectivity index (χ0n) is 26.3. The molecular weight excluding hydrogens is 582 g/mol. The van der Waals surface area contributed by atoms with E-state index in [1.165, 1.54) is 29.7 Å². The fourth-order valence-electron chi connectivity index (χ4n) is 6.60. The second-order valence-corrected chi connectivity index (χ2v) is 13.4. The summed E-state index contributed by atoms with van der Waals surface area (Å²) in [6.45, 7) is 3.79. The molecule has 9 heteroatoms. The lowest BCUT2D eigenvalue weighted by atomic mass is 9.98. The molecule has 234 valence electrons. The SMILES string of the molecule is CNC(=O)C(c1ccc(Cc2nc(-c3cccc(NC(=O)c4cc5c(s4)CCCC5)c3C)cn(C)c2=O)cc1)N1CCCCC1. The van der Waals surface area contributed by atoms with Crippen molar-refractivity contribution in [2.75, 3.05) is 25.5 Å². The number of hydrogen-bond donors (Lipinski definition) is 2. The number of anilines is 1. The van der Waals surface area contributed by atoms with Gasteiger partial charge < -0.3 is 15.2 Å². The molecule has 2 aromatic heterocycles. The van der Waals surface area contributed by atoms with E-state index < -0.39 is 0 Å². The van der Waals surface area contributed by atoms with E-state index in [0.29, 0.717) is 17.8 Å². The van der Waals surface area contributed by atoms with Gasteiger partial charge in [0.15, 0.2) is 0 Å². The molecule has 0 bridgehead atoms. The van der Waals surface area contributed by atoms with Gasteiger partial charge in [0, 0.05) is 42.8 Å². The summed E-state index contributed by atoms with van der Waals surface area (Å²) in [6.07, 6.45) is 10.00. The standard InChI is InChI=1S/C36H41N5O3S/c1-23-27(11-9-12-28(23)39-34(42)32-21-26-10-5-6-13-31(26)45-32)30-22-40(3)36(44)29(38-30)20-24-14-16-25(17-15-24)33(35(43)37-2)41-18-7-4-8-19-41/h9,11-12,14-17,21-22,33H,4-8,10,13,18-20H2,1-3H3,(H,37,43)(H,39,42). The van der Waals surface area contributed by atoms with E-state index >= 15 is 0 Å². The Morgan fingerprint density at radius 2 is 1.76 bits per heavy atom. The first-order valence-corrected chi connectivity index (χ1v) is 16.8. The van der Waals surface area contributed by atoms with Crippen molar-refractivity contribution in [2.24, 2.45) is 7.05 Å². The first-order chi connectivity index (χ1) is 21.8. The number of carbonyl (C=O) groups excluding carboxylic acids is 2. The summed E-state index contributed by atoms with van der Waals surface area (Å²) >= 11 is 1.60. The van der Waals surface area contributed by atoms with Gasteiger partial charge in [-0.25, -0.2) is 4.98 Å². The van der Waals surface area contributed by atoms with E-state index in [9.17, 15) is 14.4 Å². The molecule has 1 saturated heterocycles. The van der Waals surface area contributed by atoms with E-state index in [4.69, 9.17) is 4.98 Å². The number of aromatic nitrogens is 2. The number of hydrogen-bond acceptors (Lipinski definition) is 6. The average Bonchev–Trinajstić information content (AvgIpc) is 3.50. The van der Waals surface area contributed by atoms with Crippen LogP contribution in [0, 0.1) is 6.92 Å². The molecule has 45 heavy (non-hydrogen) atoms. The summed E-state index contributed by atoms with van der Waals surface area (Å²) in [5.41, 5.74) is 6.67. The number of likely N-dealkylation sites (N-methyl/N-ethyl adjacent to an activating group) is 1. The van der Waals surface area contributed by atoms with Gasteiger partial charge in [0.25, 0.3) is 11.5 Å². The number of nitrogens with one attached hydrogen (secondary N) is 2. The van der Waals surface area contributed by atoms with Gasteiger partial charge in [-0.15, -0.1) is 11.3 Å². The van der Waals surface area contributed by atoms with Crippen LogP contribution in [0.4, 0.5) is 5.69 Å². The molecule has 1 unspecified atom stereocenters. The minimum atomic E-state index is -0.320. The summed E-state index contributed by atoms with van der Waals surface area (Å²) in [6, 6.07) is 15.5. The van der Waals surface area contributed by atoms with Crippen LogP contribution in [-0.4, -0.2) is 46.4 Å². The van der Waals surface area contributed by atoms with Gasteiger partial charge in [-0.2, -0.15) is 0 Å². The summed E-state index contributed by atoms with van der Waals surface area (Å²) in [7, 11) is 3.43. The van der Waals surface area contributed by atoms with E-state index in [2.05, 4.69) is 15.5 Å². The number of likely N-dealkylation sites (tertiary alicyclic amines) is 1.